The maximum absolute atomic E-state index is 12.9. The van der Waals surface area contributed by atoms with E-state index in [0.717, 1.165) is 41.8 Å². The van der Waals surface area contributed by atoms with Crippen LogP contribution in [-0.4, -0.2) is 62.3 Å². The van der Waals surface area contributed by atoms with E-state index >= 15 is 0 Å². The molecule has 1 fully saturated rings. The van der Waals surface area contributed by atoms with Gasteiger partial charge in [0.15, 0.2) is 0 Å². The van der Waals surface area contributed by atoms with Gasteiger partial charge in [-0.15, -0.1) is 5.10 Å². The molecule has 0 N–H and O–H groups in total. The van der Waals surface area contributed by atoms with Crippen molar-refractivity contribution in [2.45, 2.75) is 12.3 Å². The molecule has 24 heavy (non-hydrogen) atoms. The van der Waals surface area contributed by atoms with Gasteiger partial charge in [-0.1, -0.05) is 41.3 Å². The average molecular weight is 366 g/mol. The fourth-order valence-electron chi connectivity index (χ4n) is 2.47. The van der Waals surface area contributed by atoms with E-state index in [-0.39, 0.29) is 5.82 Å². The predicted octanol–water partition coefficient (Wildman–Crippen LogP) is 2.23. The number of thiocarbonyl (C=S) groups is 1. The Kier molecular flexibility index (Phi) is 5.80. The molecule has 1 aliphatic rings. The summed E-state index contributed by atoms with van der Waals surface area (Å²) in [6.07, 6.45) is 1.92. The molecule has 0 unspecified atom stereocenters. The maximum Gasteiger partial charge on any atom is 0.136 e. The Morgan fingerprint density at radius 1 is 1.21 bits per heavy atom. The second-order valence-electron chi connectivity index (χ2n) is 5.88. The third-order valence-corrected chi connectivity index (χ3v) is 5.51. The Morgan fingerprint density at radius 2 is 1.92 bits per heavy atom. The predicted molar refractivity (Wildman–Crippen MR) is 98.5 cm³/mol. The van der Waals surface area contributed by atoms with Crippen LogP contribution >= 0.6 is 24.0 Å². The van der Waals surface area contributed by atoms with Crippen LogP contribution in [0.3, 0.4) is 0 Å². The number of nitrogens with zero attached hydrogens (tertiary/aromatic N) is 5. The van der Waals surface area contributed by atoms with Crippen molar-refractivity contribution in [3.05, 3.63) is 47.5 Å². The van der Waals surface area contributed by atoms with Gasteiger partial charge in [-0.05, 0) is 24.7 Å². The molecule has 2 aromatic rings. The number of hydrogen-bond donors (Lipinski definition) is 0. The van der Waals surface area contributed by atoms with Crippen LogP contribution in [0.2, 0.25) is 0 Å². The minimum atomic E-state index is -0.230. The molecule has 0 radical (unpaired) electrons. The van der Waals surface area contributed by atoms with Crippen LogP contribution < -0.4 is 0 Å². The fourth-order valence-corrected chi connectivity index (χ4v) is 3.60. The van der Waals surface area contributed by atoms with Crippen molar-refractivity contribution in [3.8, 4) is 0 Å². The first kappa shape index (κ1) is 17.3. The zero-order valence-corrected chi connectivity index (χ0v) is 15.2. The van der Waals surface area contributed by atoms with Gasteiger partial charge in [0, 0.05) is 38.1 Å². The zero-order chi connectivity index (χ0) is 16.9. The van der Waals surface area contributed by atoms with E-state index in [1.165, 1.54) is 12.1 Å². The number of aromatic nitrogens is 3. The molecule has 0 atom stereocenters. The molecule has 2 heterocycles. The average Bonchev–Trinajstić information content (AvgIpc) is 3.03. The van der Waals surface area contributed by atoms with Gasteiger partial charge in [-0.3, -0.25) is 0 Å². The number of likely N-dealkylation sites (N-methyl/N-ethyl adjacent to an activating group) is 1. The number of hydrogen-bond acceptors (Lipinski definition) is 5. The van der Waals surface area contributed by atoms with E-state index in [9.17, 15) is 4.39 Å². The van der Waals surface area contributed by atoms with Crippen LogP contribution in [0.25, 0.3) is 0 Å². The molecule has 0 saturated carbocycles. The van der Waals surface area contributed by atoms with Crippen LogP contribution in [0.1, 0.15) is 11.3 Å². The maximum atomic E-state index is 12.9. The molecule has 0 aliphatic carbocycles. The molecule has 0 spiro atoms. The zero-order valence-electron chi connectivity index (χ0n) is 13.6. The summed E-state index contributed by atoms with van der Waals surface area (Å²) < 4.78 is 15.6. The highest BCUT2D eigenvalue weighted by Gasteiger charge is 2.17. The Labute approximate surface area is 150 Å². The number of halogens is 1. The van der Waals surface area contributed by atoms with Crippen molar-refractivity contribution in [1.29, 1.82) is 0 Å². The lowest BCUT2D eigenvalue weighted by atomic mass is 10.2. The van der Waals surface area contributed by atoms with Gasteiger partial charge in [0.1, 0.15) is 10.1 Å². The number of piperazine rings is 1. The van der Waals surface area contributed by atoms with Crippen molar-refractivity contribution >= 4 is 28.3 Å². The molecular formula is C16H20FN5S2. The molecule has 1 aromatic heterocycles. The Hall–Kier alpha value is -1.51. The van der Waals surface area contributed by atoms with Crippen LogP contribution in [0.5, 0.6) is 0 Å². The van der Waals surface area contributed by atoms with Crippen molar-refractivity contribution in [2.75, 3.05) is 33.2 Å². The van der Waals surface area contributed by atoms with E-state index in [1.54, 1.807) is 28.6 Å². The van der Waals surface area contributed by atoms with Gasteiger partial charge in [0.25, 0.3) is 0 Å². The molecule has 0 amide bonds. The summed E-state index contributed by atoms with van der Waals surface area (Å²) in [6.45, 7) is 4.66. The van der Waals surface area contributed by atoms with E-state index in [1.807, 2.05) is 6.20 Å². The lowest BCUT2D eigenvalue weighted by Gasteiger charge is -2.33. The monoisotopic (exact) mass is 365 g/mol. The van der Waals surface area contributed by atoms with E-state index < -0.39 is 0 Å². The number of thioether (sulfide) groups is 1. The molecule has 1 saturated heterocycles. The SMILES string of the molecule is CN1CCN(C(=S)SCc2cn(Cc3ccc(F)cc3)nn2)CC1. The molecule has 5 nitrogen and oxygen atoms in total. The van der Waals surface area contributed by atoms with Gasteiger partial charge in [0.05, 0.1) is 12.2 Å². The standard InChI is InChI=1S/C16H20FN5S2/c1-20-6-8-21(9-7-20)16(23)24-12-15-11-22(19-18-15)10-13-2-4-14(17)5-3-13/h2-5,11H,6-10,12H2,1H3. The Bertz CT molecular complexity index is 680. The van der Waals surface area contributed by atoms with Crippen molar-refractivity contribution in [1.82, 2.24) is 24.8 Å². The summed E-state index contributed by atoms with van der Waals surface area (Å²) in [5.74, 6) is 0.487. The van der Waals surface area contributed by atoms with E-state index in [4.69, 9.17) is 12.2 Å². The first-order valence-corrected chi connectivity index (χ1v) is 9.23. The van der Waals surface area contributed by atoms with Crippen LogP contribution in [0.15, 0.2) is 30.5 Å². The highest BCUT2D eigenvalue weighted by atomic mass is 32.2. The molecule has 128 valence electrons. The quantitative estimate of drug-likeness (QED) is 0.774. The highest BCUT2D eigenvalue weighted by Crippen LogP contribution is 2.16. The second kappa shape index (κ2) is 8.04. The third-order valence-electron chi connectivity index (χ3n) is 3.95. The number of benzene rings is 1. The lowest BCUT2D eigenvalue weighted by molar-refractivity contribution is 0.220. The summed E-state index contributed by atoms with van der Waals surface area (Å²) >= 11 is 7.15. The minimum Gasteiger partial charge on any atom is -0.355 e. The molecule has 8 heteroatoms. The van der Waals surface area contributed by atoms with E-state index in [0.29, 0.717) is 12.3 Å². The largest absolute Gasteiger partial charge is 0.355 e. The molecular weight excluding hydrogens is 345 g/mol. The number of rotatable bonds is 4. The normalized spacial score (nSPS) is 15.7. The van der Waals surface area contributed by atoms with Gasteiger partial charge in [0.2, 0.25) is 0 Å². The van der Waals surface area contributed by atoms with Crippen molar-refractivity contribution in [2.24, 2.45) is 0 Å². The van der Waals surface area contributed by atoms with Gasteiger partial charge in [-0.25, -0.2) is 9.07 Å². The highest BCUT2D eigenvalue weighted by molar-refractivity contribution is 8.22. The summed E-state index contributed by atoms with van der Waals surface area (Å²) in [4.78, 5) is 4.56. The summed E-state index contributed by atoms with van der Waals surface area (Å²) in [5, 5.41) is 8.32. The van der Waals surface area contributed by atoms with Crippen LogP contribution in [0.4, 0.5) is 4.39 Å². The molecule has 1 aliphatic heterocycles. The van der Waals surface area contributed by atoms with E-state index in [2.05, 4.69) is 27.2 Å². The topological polar surface area (TPSA) is 37.2 Å². The fraction of sp³-hybridized carbons (Fsp3) is 0.438. The summed E-state index contributed by atoms with van der Waals surface area (Å²) in [5.41, 5.74) is 1.90. The smallest absolute Gasteiger partial charge is 0.136 e. The first-order chi connectivity index (χ1) is 11.6. The minimum absolute atomic E-state index is 0.230. The summed E-state index contributed by atoms with van der Waals surface area (Å²) in [7, 11) is 2.13. The Balaban J connectivity index is 1.49. The molecule has 3 rings (SSSR count). The third kappa shape index (κ3) is 4.75. The first-order valence-electron chi connectivity index (χ1n) is 7.84. The van der Waals surface area contributed by atoms with Gasteiger partial charge < -0.3 is 9.80 Å². The van der Waals surface area contributed by atoms with Crippen LogP contribution in [0, 0.1) is 5.82 Å². The lowest BCUT2D eigenvalue weighted by Crippen LogP contribution is -2.45. The second-order valence-corrected chi connectivity index (χ2v) is 7.49. The Morgan fingerprint density at radius 3 is 2.62 bits per heavy atom. The molecule has 1 aromatic carbocycles. The van der Waals surface area contributed by atoms with Crippen LogP contribution in [-0.2, 0) is 12.3 Å². The van der Waals surface area contributed by atoms with Gasteiger partial charge >= 0.3 is 0 Å². The summed E-state index contributed by atoms with van der Waals surface area (Å²) in [6, 6.07) is 6.43. The van der Waals surface area contributed by atoms with Crippen molar-refractivity contribution in [3.63, 3.8) is 0 Å². The van der Waals surface area contributed by atoms with Gasteiger partial charge in [-0.2, -0.15) is 0 Å². The molecule has 0 bridgehead atoms. The van der Waals surface area contributed by atoms with Crippen molar-refractivity contribution < 1.29 is 4.39 Å².